The Labute approximate surface area is 107 Å². The molecule has 1 aliphatic heterocycles. The number of benzene rings is 1. The first-order chi connectivity index (χ1) is 8.44. The fraction of sp³-hybridized carbons (Fsp3) is 0.500. The van der Waals surface area contributed by atoms with Crippen LogP contribution in [0.5, 0.6) is 11.5 Å². The average Bonchev–Trinajstić information content (AvgIpc) is 2.72. The van der Waals surface area contributed by atoms with Gasteiger partial charge in [0.2, 0.25) is 6.79 Å². The minimum Gasteiger partial charge on any atom is -0.481 e. The Kier molecular flexibility index (Phi) is 3.20. The fourth-order valence-electron chi connectivity index (χ4n) is 2.38. The number of carbonyl (C=O) groups is 1. The smallest absolute Gasteiger partial charge is 0.304 e. The van der Waals surface area contributed by atoms with Crippen LogP contribution in [0.2, 0.25) is 0 Å². The predicted octanol–water partition coefficient (Wildman–Crippen LogP) is 2.73. The van der Waals surface area contributed by atoms with Crippen molar-refractivity contribution < 1.29 is 19.4 Å². The standard InChI is InChI=1S/C14H18O4/c1-4-9-5-11-12(18-8-17-11)6-10(9)14(2,3)7-13(15)16/h5-6H,4,7-8H2,1-3H3,(H,15,16). The van der Waals surface area contributed by atoms with Crippen molar-refractivity contribution in [1.82, 2.24) is 0 Å². The summed E-state index contributed by atoms with van der Waals surface area (Å²) in [6.07, 6.45) is 0.939. The molecule has 0 saturated carbocycles. The van der Waals surface area contributed by atoms with E-state index in [1.807, 2.05) is 26.0 Å². The van der Waals surface area contributed by atoms with Crippen LogP contribution >= 0.6 is 0 Å². The van der Waals surface area contributed by atoms with Crippen LogP contribution in [0, 0.1) is 0 Å². The minimum atomic E-state index is -0.792. The minimum absolute atomic E-state index is 0.0969. The molecular formula is C14H18O4. The zero-order chi connectivity index (χ0) is 13.3. The Morgan fingerprint density at radius 2 is 1.94 bits per heavy atom. The summed E-state index contributed by atoms with van der Waals surface area (Å²) in [7, 11) is 0. The Bertz CT molecular complexity index is 477. The number of aliphatic carboxylic acids is 1. The Balaban J connectivity index is 2.46. The van der Waals surface area contributed by atoms with Crippen LogP contribution in [0.25, 0.3) is 0 Å². The molecule has 0 spiro atoms. The summed E-state index contributed by atoms with van der Waals surface area (Å²) >= 11 is 0. The summed E-state index contributed by atoms with van der Waals surface area (Å²) in [5.41, 5.74) is 1.72. The van der Waals surface area contributed by atoms with Gasteiger partial charge in [-0.15, -0.1) is 0 Å². The number of hydrogen-bond donors (Lipinski definition) is 1. The maximum atomic E-state index is 11.0. The second-order valence-electron chi connectivity index (χ2n) is 5.17. The monoisotopic (exact) mass is 250 g/mol. The molecule has 1 aromatic carbocycles. The van der Waals surface area contributed by atoms with Gasteiger partial charge in [0, 0.05) is 5.41 Å². The van der Waals surface area contributed by atoms with Gasteiger partial charge in [-0.3, -0.25) is 4.79 Å². The first kappa shape index (κ1) is 12.7. The molecule has 1 aliphatic rings. The summed E-state index contributed by atoms with van der Waals surface area (Å²) in [6.45, 7) is 6.18. The van der Waals surface area contributed by atoms with E-state index in [0.717, 1.165) is 23.3 Å². The van der Waals surface area contributed by atoms with E-state index in [9.17, 15) is 4.79 Å². The normalized spacial score (nSPS) is 13.7. The first-order valence-corrected chi connectivity index (χ1v) is 6.09. The molecule has 0 atom stereocenters. The van der Waals surface area contributed by atoms with E-state index < -0.39 is 11.4 Å². The lowest BCUT2D eigenvalue weighted by Gasteiger charge is -2.26. The van der Waals surface area contributed by atoms with Crippen LogP contribution < -0.4 is 9.47 Å². The highest BCUT2D eigenvalue weighted by Gasteiger charge is 2.29. The average molecular weight is 250 g/mol. The van der Waals surface area contributed by atoms with E-state index in [1.165, 1.54) is 0 Å². The van der Waals surface area contributed by atoms with Crippen LogP contribution in [0.4, 0.5) is 0 Å². The number of carboxylic acids is 1. The van der Waals surface area contributed by atoms with Gasteiger partial charge in [-0.2, -0.15) is 0 Å². The molecule has 2 rings (SSSR count). The third kappa shape index (κ3) is 2.28. The van der Waals surface area contributed by atoms with Crippen molar-refractivity contribution in [1.29, 1.82) is 0 Å². The van der Waals surface area contributed by atoms with Crippen molar-refractivity contribution in [2.45, 2.75) is 39.0 Å². The maximum Gasteiger partial charge on any atom is 0.304 e. The molecule has 98 valence electrons. The van der Waals surface area contributed by atoms with E-state index in [2.05, 4.69) is 6.92 Å². The summed E-state index contributed by atoms with van der Waals surface area (Å²) in [4.78, 5) is 11.0. The summed E-state index contributed by atoms with van der Waals surface area (Å²) in [6, 6.07) is 3.88. The number of aryl methyl sites for hydroxylation is 1. The molecule has 0 aliphatic carbocycles. The molecule has 0 fully saturated rings. The maximum absolute atomic E-state index is 11.0. The number of fused-ring (bicyclic) bond motifs is 1. The van der Waals surface area contributed by atoms with Crippen molar-refractivity contribution in [3.8, 4) is 11.5 Å². The summed E-state index contributed by atoms with van der Waals surface area (Å²) in [5.74, 6) is 0.669. The molecule has 0 saturated heterocycles. The molecule has 1 aromatic rings. The number of carboxylic acid groups (broad SMARTS) is 1. The molecule has 1 N–H and O–H groups in total. The lowest BCUT2D eigenvalue weighted by atomic mass is 9.78. The molecular weight excluding hydrogens is 232 g/mol. The zero-order valence-corrected chi connectivity index (χ0v) is 10.9. The van der Waals surface area contributed by atoms with Gasteiger partial charge < -0.3 is 14.6 Å². The van der Waals surface area contributed by atoms with Crippen LogP contribution in [-0.4, -0.2) is 17.9 Å². The number of rotatable bonds is 4. The molecule has 0 amide bonds. The van der Waals surface area contributed by atoms with E-state index in [1.54, 1.807) is 0 Å². The molecule has 18 heavy (non-hydrogen) atoms. The topological polar surface area (TPSA) is 55.8 Å². The van der Waals surface area contributed by atoms with Gasteiger partial charge in [0.1, 0.15) is 0 Å². The van der Waals surface area contributed by atoms with Crippen LogP contribution in [0.15, 0.2) is 12.1 Å². The molecule has 0 radical (unpaired) electrons. The van der Waals surface area contributed by atoms with Crippen molar-refractivity contribution >= 4 is 5.97 Å². The predicted molar refractivity (Wildman–Crippen MR) is 67.2 cm³/mol. The highest BCUT2D eigenvalue weighted by molar-refractivity contribution is 5.69. The van der Waals surface area contributed by atoms with Gasteiger partial charge in [-0.05, 0) is 29.7 Å². The summed E-state index contributed by atoms with van der Waals surface area (Å²) in [5, 5.41) is 9.01. The van der Waals surface area contributed by atoms with Gasteiger partial charge in [0.15, 0.2) is 11.5 Å². The Morgan fingerprint density at radius 3 is 2.50 bits per heavy atom. The SMILES string of the molecule is CCc1cc2c(cc1C(C)(C)CC(=O)O)OCO2. The molecule has 0 unspecified atom stereocenters. The van der Waals surface area contributed by atoms with Crippen molar-refractivity contribution in [2.75, 3.05) is 6.79 Å². The highest BCUT2D eigenvalue weighted by atomic mass is 16.7. The van der Waals surface area contributed by atoms with E-state index in [0.29, 0.717) is 5.75 Å². The lowest BCUT2D eigenvalue weighted by molar-refractivity contribution is -0.138. The molecule has 0 bridgehead atoms. The van der Waals surface area contributed by atoms with Crippen molar-refractivity contribution in [3.63, 3.8) is 0 Å². The third-order valence-corrected chi connectivity index (χ3v) is 3.30. The van der Waals surface area contributed by atoms with Crippen LogP contribution in [0.1, 0.15) is 38.3 Å². The molecule has 4 nitrogen and oxygen atoms in total. The zero-order valence-electron chi connectivity index (χ0n) is 10.9. The largest absolute Gasteiger partial charge is 0.481 e. The molecule has 1 heterocycles. The Morgan fingerprint density at radius 1 is 1.33 bits per heavy atom. The van der Waals surface area contributed by atoms with Gasteiger partial charge in [0.25, 0.3) is 0 Å². The number of hydrogen-bond acceptors (Lipinski definition) is 3. The van der Waals surface area contributed by atoms with Crippen molar-refractivity contribution in [3.05, 3.63) is 23.3 Å². The van der Waals surface area contributed by atoms with E-state index in [4.69, 9.17) is 14.6 Å². The lowest BCUT2D eigenvalue weighted by Crippen LogP contribution is -2.23. The Hall–Kier alpha value is -1.71. The number of ether oxygens (including phenoxy) is 2. The second-order valence-corrected chi connectivity index (χ2v) is 5.17. The van der Waals surface area contributed by atoms with Gasteiger partial charge >= 0.3 is 5.97 Å². The molecule has 0 aromatic heterocycles. The summed E-state index contributed by atoms with van der Waals surface area (Å²) < 4.78 is 10.7. The van der Waals surface area contributed by atoms with E-state index >= 15 is 0 Å². The fourth-order valence-corrected chi connectivity index (χ4v) is 2.38. The molecule has 4 heteroatoms. The van der Waals surface area contributed by atoms with Crippen LogP contribution in [-0.2, 0) is 16.6 Å². The third-order valence-electron chi connectivity index (χ3n) is 3.30. The van der Waals surface area contributed by atoms with Gasteiger partial charge in [-0.25, -0.2) is 0 Å². The second kappa shape index (κ2) is 4.52. The highest BCUT2D eigenvalue weighted by Crippen LogP contribution is 2.40. The van der Waals surface area contributed by atoms with Gasteiger partial charge in [0.05, 0.1) is 6.42 Å². The van der Waals surface area contributed by atoms with Crippen molar-refractivity contribution in [2.24, 2.45) is 0 Å². The first-order valence-electron chi connectivity index (χ1n) is 6.09. The van der Waals surface area contributed by atoms with Gasteiger partial charge in [-0.1, -0.05) is 20.8 Å². The quantitative estimate of drug-likeness (QED) is 0.892. The van der Waals surface area contributed by atoms with E-state index in [-0.39, 0.29) is 13.2 Å². The van der Waals surface area contributed by atoms with Crippen LogP contribution in [0.3, 0.4) is 0 Å².